The van der Waals surface area contributed by atoms with Crippen LogP contribution in [-0.4, -0.2) is 29.2 Å². The number of hydrogen-bond acceptors (Lipinski definition) is 4. The van der Waals surface area contributed by atoms with Crippen LogP contribution in [-0.2, 0) is 11.3 Å². The van der Waals surface area contributed by atoms with Crippen LogP contribution in [0, 0.1) is 0 Å². The van der Waals surface area contributed by atoms with Crippen LogP contribution in [0.5, 0.6) is 5.75 Å². The van der Waals surface area contributed by atoms with Crippen LogP contribution in [0.2, 0.25) is 0 Å². The van der Waals surface area contributed by atoms with Gasteiger partial charge >= 0.3 is 0 Å². The van der Waals surface area contributed by atoms with Crippen molar-refractivity contribution in [2.45, 2.75) is 19.9 Å². The highest BCUT2D eigenvalue weighted by molar-refractivity contribution is 6.00. The van der Waals surface area contributed by atoms with E-state index in [0.29, 0.717) is 24.5 Å². The van der Waals surface area contributed by atoms with Crippen LogP contribution in [0.15, 0.2) is 59.8 Å². The lowest BCUT2D eigenvalue weighted by molar-refractivity contribution is -0.118. The summed E-state index contributed by atoms with van der Waals surface area (Å²) in [6, 6.07) is 14.6. The molecule has 0 radical (unpaired) electrons. The molecule has 0 saturated heterocycles. The van der Waals surface area contributed by atoms with E-state index in [1.807, 2.05) is 42.0 Å². The molecule has 7 heteroatoms. The number of amides is 2. The SMILES string of the molecule is CCOc1ccc(C(=O)N/N=C/c2cn(CCC(N)=O)c3ccccc23)cc1. The van der Waals surface area contributed by atoms with Gasteiger partial charge in [-0.1, -0.05) is 18.2 Å². The fourth-order valence-electron chi connectivity index (χ4n) is 2.89. The van der Waals surface area contributed by atoms with Crippen molar-refractivity contribution in [3.05, 3.63) is 65.9 Å². The Morgan fingerprint density at radius 1 is 1.18 bits per heavy atom. The minimum absolute atomic E-state index is 0.254. The van der Waals surface area contributed by atoms with E-state index in [-0.39, 0.29) is 18.2 Å². The van der Waals surface area contributed by atoms with Crippen molar-refractivity contribution in [1.82, 2.24) is 9.99 Å². The maximum atomic E-state index is 12.2. The number of hydrogen-bond donors (Lipinski definition) is 2. The number of aryl methyl sites for hydroxylation is 1. The molecule has 0 saturated carbocycles. The second-order valence-electron chi connectivity index (χ2n) is 6.17. The summed E-state index contributed by atoms with van der Waals surface area (Å²) in [6.45, 7) is 2.96. The lowest BCUT2D eigenvalue weighted by Crippen LogP contribution is -2.17. The number of nitrogens with two attached hydrogens (primary N) is 1. The number of para-hydroxylation sites is 1. The third-order valence-electron chi connectivity index (χ3n) is 4.22. The molecule has 0 spiro atoms. The molecule has 3 rings (SSSR count). The maximum Gasteiger partial charge on any atom is 0.271 e. The molecule has 0 fully saturated rings. The van der Waals surface area contributed by atoms with E-state index in [4.69, 9.17) is 10.5 Å². The first-order valence-corrected chi connectivity index (χ1v) is 9.01. The van der Waals surface area contributed by atoms with Crippen molar-refractivity contribution in [3.8, 4) is 5.75 Å². The Balaban J connectivity index is 1.72. The van der Waals surface area contributed by atoms with Gasteiger partial charge in [-0.25, -0.2) is 5.43 Å². The Morgan fingerprint density at radius 3 is 2.64 bits per heavy atom. The highest BCUT2D eigenvalue weighted by Gasteiger charge is 2.08. The molecule has 144 valence electrons. The molecule has 3 N–H and O–H groups in total. The first-order chi connectivity index (χ1) is 13.6. The standard InChI is InChI=1S/C21H22N4O3/c1-2-28-17-9-7-15(8-10-17)21(27)24-23-13-16-14-25(12-11-20(22)26)19-6-4-3-5-18(16)19/h3-10,13-14H,2,11-12H2,1H3,(H2,22,26)(H,24,27)/b23-13+. The summed E-state index contributed by atoms with van der Waals surface area (Å²) in [5, 5.41) is 5.05. The average molecular weight is 378 g/mol. The number of ether oxygens (including phenoxy) is 1. The van der Waals surface area contributed by atoms with E-state index >= 15 is 0 Å². The molecule has 0 bridgehead atoms. The van der Waals surface area contributed by atoms with E-state index in [1.165, 1.54) is 0 Å². The molecule has 3 aromatic rings. The number of hydrazone groups is 1. The summed E-state index contributed by atoms with van der Waals surface area (Å²) in [6.07, 6.45) is 3.74. The molecule has 0 unspecified atom stereocenters. The summed E-state index contributed by atoms with van der Waals surface area (Å²) in [4.78, 5) is 23.3. The highest BCUT2D eigenvalue weighted by atomic mass is 16.5. The van der Waals surface area contributed by atoms with Crippen molar-refractivity contribution in [2.75, 3.05) is 6.61 Å². The van der Waals surface area contributed by atoms with Gasteiger partial charge in [0, 0.05) is 41.2 Å². The minimum atomic E-state index is -0.351. The largest absolute Gasteiger partial charge is 0.494 e. The van der Waals surface area contributed by atoms with Gasteiger partial charge in [0.1, 0.15) is 5.75 Å². The molecule has 7 nitrogen and oxygen atoms in total. The van der Waals surface area contributed by atoms with Crippen molar-refractivity contribution in [3.63, 3.8) is 0 Å². The van der Waals surface area contributed by atoms with Gasteiger partial charge in [-0.2, -0.15) is 5.10 Å². The zero-order valence-corrected chi connectivity index (χ0v) is 15.6. The molecule has 0 aliphatic rings. The van der Waals surface area contributed by atoms with Crippen molar-refractivity contribution < 1.29 is 14.3 Å². The number of carbonyl (C=O) groups is 2. The molecule has 0 aliphatic heterocycles. The topological polar surface area (TPSA) is 98.7 Å². The third kappa shape index (κ3) is 4.56. The molecule has 2 aromatic carbocycles. The smallest absolute Gasteiger partial charge is 0.271 e. The Hall–Kier alpha value is -3.61. The molecule has 0 atom stereocenters. The summed E-state index contributed by atoms with van der Waals surface area (Å²) < 4.78 is 7.32. The number of carbonyl (C=O) groups excluding carboxylic acids is 2. The van der Waals surface area contributed by atoms with Crippen LogP contribution in [0.1, 0.15) is 29.3 Å². The number of nitrogens with one attached hydrogen (secondary N) is 1. The number of nitrogens with zero attached hydrogens (tertiary/aromatic N) is 2. The molecule has 2 amide bonds. The predicted molar refractivity (Wildman–Crippen MR) is 108 cm³/mol. The van der Waals surface area contributed by atoms with Gasteiger partial charge in [-0.05, 0) is 37.3 Å². The lowest BCUT2D eigenvalue weighted by atomic mass is 10.2. The summed E-state index contributed by atoms with van der Waals surface area (Å²) in [5.74, 6) is 0.0544. The zero-order valence-electron chi connectivity index (χ0n) is 15.6. The second-order valence-corrected chi connectivity index (χ2v) is 6.17. The number of fused-ring (bicyclic) bond motifs is 1. The summed E-state index contributed by atoms with van der Waals surface area (Å²) in [7, 11) is 0. The Morgan fingerprint density at radius 2 is 1.93 bits per heavy atom. The Labute approximate surface area is 162 Å². The minimum Gasteiger partial charge on any atom is -0.494 e. The average Bonchev–Trinajstić information content (AvgIpc) is 3.05. The molecule has 28 heavy (non-hydrogen) atoms. The predicted octanol–water partition coefficient (Wildman–Crippen LogP) is 2.68. The van der Waals surface area contributed by atoms with Gasteiger partial charge < -0.3 is 15.0 Å². The van der Waals surface area contributed by atoms with Gasteiger partial charge in [-0.15, -0.1) is 0 Å². The van der Waals surface area contributed by atoms with Crippen molar-refractivity contribution >= 4 is 28.9 Å². The van der Waals surface area contributed by atoms with E-state index in [2.05, 4.69) is 10.5 Å². The molecular weight excluding hydrogens is 356 g/mol. The zero-order chi connectivity index (χ0) is 19.9. The van der Waals surface area contributed by atoms with Crippen LogP contribution < -0.4 is 15.9 Å². The monoisotopic (exact) mass is 378 g/mol. The van der Waals surface area contributed by atoms with Crippen LogP contribution in [0.4, 0.5) is 0 Å². The fourth-order valence-corrected chi connectivity index (χ4v) is 2.89. The van der Waals surface area contributed by atoms with Gasteiger partial charge in [-0.3, -0.25) is 9.59 Å². The first-order valence-electron chi connectivity index (χ1n) is 9.01. The molecular formula is C21H22N4O3. The normalized spacial score (nSPS) is 11.0. The number of benzene rings is 2. The van der Waals surface area contributed by atoms with Gasteiger partial charge in [0.2, 0.25) is 5.91 Å². The lowest BCUT2D eigenvalue weighted by Gasteiger charge is -2.03. The third-order valence-corrected chi connectivity index (χ3v) is 4.22. The summed E-state index contributed by atoms with van der Waals surface area (Å²) in [5.41, 5.74) is 10.1. The van der Waals surface area contributed by atoms with E-state index in [1.54, 1.807) is 30.5 Å². The molecule has 0 aliphatic carbocycles. The molecule has 1 heterocycles. The van der Waals surface area contributed by atoms with Gasteiger partial charge in [0.05, 0.1) is 12.8 Å². The van der Waals surface area contributed by atoms with Crippen LogP contribution in [0.25, 0.3) is 10.9 Å². The van der Waals surface area contributed by atoms with Crippen molar-refractivity contribution in [1.29, 1.82) is 0 Å². The number of rotatable bonds is 8. The Bertz CT molecular complexity index is 1010. The Kier molecular flexibility index (Phi) is 6.06. The number of primary amides is 1. The maximum absolute atomic E-state index is 12.2. The summed E-state index contributed by atoms with van der Waals surface area (Å²) >= 11 is 0. The first kappa shape index (κ1) is 19.2. The fraction of sp³-hybridized carbons (Fsp3) is 0.190. The van der Waals surface area contributed by atoms with E-state index < -0.39 is 0 Å². The second kappa shape index (κ2) is 8.85. The molecule has 1 aromatic heterocycles. The number of aromatic nitrogens is 1. The quantitative estimate of drug-likeness (QED) is 0.466. The van der Waals surface area contributed by atoms with E-state index in [9.17, 15) is 9.59 Å². The van der Waals surface area contributed by atoms with Crippen molar-refractivity contribution in [2.24, 2.45) is 10.8 Å². The van der Waals surface area contributed by atoms with Crippen LogP contribution >= 0.6 is 0 Å². The van der Waals surface area contributed by atoms with E-state index in [0.717, 1.165) is 16.5 Å². The van der Waals surface area contributed by atoms with Gasteiger partial charge in [0.15, 0.2) is 0 Å². The highest BCUT2D eigenvalue weighted by Crippen LogP contribution is 2.20. The van der Waals surface area contributed by atoms with Crippen LogP contribution in [0.3, 0.4) is 0 Å². The van der Waals surface area contributed by atoms with Gasteiger partial charge in [0.25, 0.3) is 5.91 Å².